The van der Waals surface area contributed by atoms with Crippen molar-refractivity contribution in [3.63, 3.8) is 0 Å². The molecule has 0 saturated carbocycles. The minimum atomic E-state index is -0.814. The quantitative estimate of drug-likeness (QED) is 0.496. The van der Waals surface area contributed by atoms with Gasteiger partial charge in [0.05, 0.1) is 12.3 Å². The van der Waals surface area contributed by atoms with Crippen molar-refractivity contribution in [3.8, 4) is 0 Å². The van der Waals surface area contributed by atoms with Gasteiger partial charge in [-0.15, -0.1) is 0 Å². The van der Waals surface area contributed by atoms with Crippen LogP contribution in [0.15, 0.2) is 29.4 Å². The summed E-state index contributed by atoms with van der Waals surface area (Å²) in [6.45, 7) is 1.04. The number of halogens is 1. The van der Waals surface area contributed by atoms with E-state index in [9.17, 15) is 9.59 Å². The smallest absolute Gasteiger partial charge is 0.329 e. The Hall–Kier alpha value is -1.92. The third-order valence-electron chi connectivity index (χ3n) is 2.95. The zero-order chi connectivity index (χ0) is 15.1. The van der Waals surface area contributed by atoms with Crippen LogP contribution in [0.5, 0.6) is 0 Å². The Labute approximate surface area is 127 Å². The van der Waals surface area contributed by atoms with Crippen molar-refractivity contribution in [1.29, 1.82) is 0 Å². The van der Waals surface area contributed by atoms with Crippen molar-refractivity contribution < 1.29 is 14.3 Å². The van der Waals surface area contributed by atoms with Gasteiger partial charge in [-0.05, 0) is 30.5 Å². The SMILES string of the molecule is O=C(NCC1CCCO1)C(=O)NN=Cc1cccc(Cl)c1. The largest absolute Gasteiger partial charge is 0.376 e. The first-order chi connectivity index (χ1) is 10.1. The summed E-state index contributed by atoms with van der Waals surface area (Å²) in [5.74, 6) is -1.54. The minimum Gasteiger partial charge on any atom is -0.376 e. The van der Waals surface area contributed by atoms with Crippen LogP contribution >= 0.6 is 11.6 Å². The molecule has 112 valence electrons. The summed E-state index contributed by atoms with van der Waals surface area (Å²) in [5.41, 5.74) is 2.88. The monoisotopic (exact) mass is 309 g/mol. The Balaban J connectivity index is 1.74. The average Bonchev–Trinajstić information content (AvgIpc) is 2.98. The van der Waals surface area contributed by atoms with Crippen molar-refractivity contribution in [2.45, 2.75) is 18.9 Å². The topological polar surface area (TPSA) is 79.8 Å². The molecule has 6 nitrogen and oxygen atoms in total. The summed E-state index contributed by atoms with van der Waals surface area (Å²) >= 11 is 5.82. The lowest BCUT2D eigenvalue weighted by atomic mass is 10.2. The second-order valence-electron chi connectivity index (χ2n) is 4.60. The van der Waals surface area contributed by atoms with Crippen LogP contribution in [0.3, 0.4) is 0 Å². The van der Waals surface area contributed by atoms with Crippen molar-refractivity contribution in [2.24, 2.45) is 5.10 Å². The van der Waals surface area contributed by atoms with Crippen LogP contribution in [0, 0.1) is 0 Å². The van der Waals surface area contributed by atoms with Gasteiger partial charge in [0.15, 0.2) is 0 Å². The van der Waals surface area contributed by atoms with Crippen LogP contribution in [0.4, 0.5) is 0 Å². The molecule has 1 aromatic rings. The van der Waals surface area contributed by atoms with Crippen LogP contribution in [0.25, 0.3) is 0 Å². The first-order valence-electron chi connectivity index (χ1n) is 6.63. The highest BCUT2D eigenvalue weighted by Gasteiger charge is 2.18. The molecule has 1 aromatic carbocycles. The maximum atomic E-state index is 11.5. The number of nitrogens with one attached hydrogen (secondary N) is 2. The highest BCUT2D eigenvalue weighted by Crippen LogP contribution is 2.10. The zero-order valence-corrected chi connectivity index (χ0v) is 12.1. The first-order valence-corrected chi connectivity index (χ1v) is 7.01. The van der Waals surface area contributed by atoms with E-state index in [0.29, 0.717) is 18.2 Å². The third kappa shape index (κ3) is 5.17. The van der Waals surface area contributed by atoms with E-state index in [0.717, 1.165) is 18.4 Å². The number of hydrazone groups is 1. The summed E-state index contributed by atoms with van der Waals surface area (Å²) in [6, 6.07) is 6.96. The molecule has 2 N–H and O–H groups in total. The number of amides is 2. The van der Waals surface area contributed by atoms with Gasteiger partial charge in [-0.2, -0.15) is 5.10 Å². The van der Waals surface area contributed by atoms with E-state index in [1.54, 1.807) is 24.3 Å². The van der Waals surface area contributed by atoms with Crippen molar-refractivity contribution >= 4 is 29.6 Å². The van der Waals surface area contributed by atoms with E-state index in [2.05, 4.69) is 15.8 Å². The number of carbonyl (C=O) groups is 2. The van der Waals surface area contributed by atoms with Gasteiger partial charge < -0.3 is 10.1 Å². The number of benzene rings is 1. The Morgan fingerprint density at radius 1 is 1.43 bits per heavy atom. The summed E-state index contributed by atoms with van der Waals surface area (Å²) < 4.78 is 5.34. The lowest BCUT2D eigenvalue weighted by Gasteiger charge is -2.09. The lowest BCUT2D eigenvalue weighted by Crippen LogP contribution is -2.41. The van der Waals surface area contributed by atoms with Gasteiger partial charge in [0.2, 0.25) is 0 Å². The Morgan fingerprint density at radius 2 is 2.29 bits per heavy atom. The molecule has 2 amide bonds. The molecule has 0 radical (unpaired) electrons. The molecule has 1 aliphatic rings. The van der Waals surface area contributed by atoms with Gasteiger partial charge in [-0.25, -0.2) is 5.43 Å². The van der Waals surface area contributed by atoms with Gasteiger partial charge in [-0.3, -0.25) is 9.59 Å². The molecule has 1 heterocycles. The average molecular weight is 310 g/mol. The van der Waals surface area contributed by atoms with Gasteiger partial charge in [0.25, 0.3) is 0 Å². The van der Waals surface area contributed by atoms with E-state index in [1.165, 1.54) is 6.21 Å². The molecular weight excluding hydrogens is 294 g/mol. The highest BCUT2D eigenvalue weighted by atomic mass is 35.5. The third-order valence-corrected chi connectivity index (χ3v) is 3.18. The number of nitrogens with zero attached hydrogens (tertiary/aromatic N) is 1. The van der Waals surface area contributed by atoms with Crippen LogP contribution in [0.2, 0.25) is 5.02 Å². The maximum absolute atomic E-state index is 11.5. The molecule has 0 spiro atoms. The number of hydrogen-bond donors (Lipinski definition) is 2. The number of rotatable bonds is 4. The Kier molecular flexibility index (Phi) is 5.71. The molecule has 7 heteroatoms. The molecule has 2 rings (SSSR count). The normalized spacial score (nSPS) is 17.9. The Bertz CT molecular complexity index is 542. The van der Waals surface area contributed by atoms with Crippen molar-refractivity contribution in [3.05, 3.63) is 34.9 Å². The van der Waals surface area contributed by atoms with Crippen LogP contribution < -0.4 is 10.7 Å². The molecule has 0 aromatic heterocycles. The Morgan fingerprint density at radius 3 is 3.00 bits per heavy atom. The number of carbonyl (C=O) groups excluding carboxylic acids is 2. The van der Waals surface area contributed by atoms with Gasteiger partial charge in [-0.1, -0.05) is 23.7 Å². The minimum absolute atomic E-state index is 0.00304. The second kappa shape index (κ2) is 7.75. The fraction of sp³-hybridized carbons (Fsp3) is 0.357. The van der Waals surface area contributed by atoms with E-state index in [1.807, 2.05) is 0 Å². The zero-order valence-electron chi connectivity index (χ0n) is 11.3. The second-order valence-corrected chi connectivity index (χ2v) is 5.04. The molecule has 0 aliphatic carbocycles. The summed E-state index contributed by atoms with van der Waals surface area (Å²) in [7, 11) is 0. The lowest BCUT2D eigenvalue weighted by molar-refractivity contribution is -0.139. The van der Waals surface area contributed by atoms with E-state index in [-0.39, 0.29) is 6.10 Å². The standard InChI is InChI=1S/C14H16ClN3O3/c15-11-4-1-3-10(7-11)8-17-18-14(20)13(19)16-9-12-5-2-6-21-12/h1,3-4,7-8,12H,2,5-6,9H2,(H,16,19)(H,18,20). The molecule has 21 heavy (non-hydrogen) atoms. The summed E-state index contributed by atoms with van der Waals surface area (Å²) in [4.78, 5) is 23.0. The molecule has 1 atom stereocenters. The van der Waals surface area contributed by atoms with Crippen molar-refractivity contribution in [1.82, 2.24) is 10.7 Å². The molecule has 1 aliphatic heterocycles. The molecule has 0 bridgehead atoms. The maximum Gasteiger partial charge on any atom is 0.329 e. The fourth-order valence-electron chi connectivity index (χ4n) is 1.90. The van der Waals surface area contributed by atoms with E-state index in [4.69, 9.17) is 16.3 Å². The van der Waals surface area contributed by atoms with Crippen LogP contribution in [-0.2, 0) is 14.3 Å². The van der Waals surface area contributed by atoms with E-state index >= 15 is 0 Å². The number of ether oxygens (including phenoxy) is 1. The van der Waals surface area contributed by atoms with E-state index < -0.39 is 11.8 Å². The number of hydrogen-bond acceptors (Lipinski definition) is 4. The molecular formula is C14H16ClN3O3. The van der Waals surface area contributed by atoms with Crippen molar-refractivity contribution in [2.75, 3.05) is 13.2 Å². The summed E-state index contributed by atoms with van der Waals surface area (Å²) in [6.07, 6.45) is 3.29. The van der Waals surface area contributed by atoms with Gasteiger partial charge in [0, 0.05) is 18.2 Å². The molecule has 1 unspecified atom stereocenters. The van der Waals surface area contributed by atoms with Gasteiger partial charge >= 0.3 is 11.8 Å². The van der Waals surface area contributed by atoms with Crippen LogP contribution in [-0.4, -0.2) is 37.3 Å². The van der Waals surface area contributed by atoms with Gasteiger partial charge in [0.1, 0.15) is 0 Å². The summed E-state index contributed by atoms with van der Waals surface area (Å²) in [5, 5.41) is 6.79. The van der Waals surface area contributed by atoms with Crippen LogP contribution in [0.1, 0.15) is 18.4 Å². The molecule has 1 fully saturated rings. The first kappa shape index (κ1) is 15.5. The molecule has 1 saturated heterocycles. The fourth-order valence-corrected chi connectivity index (χ4v) is 2.09. The predicted molar refractivity (Wildman–Crippen MR) is 79.2 cm³/mol. The predicted octanol–water partition coefficient (Wildman–Crippen LogP) is 1.09. The highest BCUT2D eigenvalue weighted by molar-refractivity contribution is 6.35.